The molecule has 0 aliphatic carbocycles. The molecular weight excluding hydrogens is 272 g/mol. The fourth-order valence-corrected chi connectivity index (χ4v) is 3.57. The van der Waals surface area contributed by atoms with Gasteiger partial charge >= 0.3 is 0 Å². The van der Waals surface area contributed by atoms with E-state index in [0.717, 1.165) is 29.7 Å². The summed E-state index contributed by atoms with van der Waals surface area (Å²) in [6, 6.07) is 18.2. The van der Waals surface area contributed by atoms with Crippen molar-refractivity contribution in [3.63, 3.8) is 0 Å². The number of rotatable bonds is 2. The Morgan fingerprint density at radius 3 is 2.59 bits per heavy atom. The topological polar surface area (TPSA) is 32.3 Å². The lowest BCUT2D eigenvalue weighted by Crippen LogP contribution is -2.45. The van der Waals surface area contributed by atoms with Gasteiger partial charge in [-0.1, -0.05) is 48.5 Å². The molecule has 0 bridgehead atoms. The number of nitrogens with zero attached hydrogens (tertiary/aromatic N) is 1. The second kappa shape index (κ2) is 5.02. The molecule has 2 aliphatic heterocycles. The number of carbonyl (C=O) groups excluding carboxylic acids is 1. The third kappa shape index (κ3) is 1.86. The second-order valence-electron chi connectivity index (χ2n) is 5.88. The van der Waals surface area contributed by atoms with Gasteiger partial charge in [-0.15, -0.1) is 0 Å². The summed E-state index contributed by atoms with van der Waals surface area (Å²) in [6.07, 6.45) is 5.03. The van der Waals surface area contributed by atoms with E-state index < -0.39 is 0 Å². The molecule has 0 radical (unpaired) electrons. The van der Waals surface area contributed by atoms with Crippen molar-refractivity contribution in [3.8, 4) is 0 Å². The van der Waals surface area contributed by atoms with Gasteiger partial charge in [0.2, 0.25) is 0 Å². The Labute approximate surface area is 130 Å². The molecule has 0 aromatic heterocycles. The van der Waals surface area contributed by atoms with Crippen LogP contribution in [0.2, 0.25) is 0 Å². The van der Waals surface area contributed by atoms with Gasteiger partial charge in [0.1, 0.15) is 0 Å². The van der Waals surface area contributed by atoms with Crippen LogP contribution in [0.3, 0.4) is 0 Å². The van der Waals surface area contributed by atoms with Crippen LogP contribution >= 0.6 is 0 Å². The molecule has 4 rings (SSSR count). The van der Waals surface area contributed by atoms with Gasteiger partial charge < -0.3 is 10.2 Å². The van der Waals surface area contributed by atoms with Crippen LogP contribution in [-0.4, -0.2) is 17.4 Å². The van der Waals surface area contributed by atoms with Gasteiger partial charge in [-0.25, -0.2) is 0 Å². The van der Waals surface area contributed by atoms with Crippen LogP contribution in [-0.2, 0) is 12.1 Å². The molecule has 3 heteroatoms. The number of benzene rings is 2. The predicted molar refractivity (Wildman–Crippen MR) is 86.2 cm³/mol. The number of hydrogen-bond donors (Lipinski definition) is 1. The molecule has 22 heavy (non-hydrogen) atoms. The van der Waals surface area contributed by atoms with E-state index in [4.69, 9.17) is 0 Å². The van der Waals surface area contributed by atoms with Crippen molar-refractivity contribution in [1.82, 2.24) is 10.2 Å². The van der Waals surface area contributed by atoms with Crippen LogP contribution in [0.1, 0.15) is 27.9 Å². The smallest absolute Gasteiger partial charge is 0.255 e. The molecule has 2 aromatic rings. The third-order valence-corrected chi connectivity index (χ3v) is 4.66. The van der Waals surface area contributed by atoms with Crippen molar-refractivity contribution in [2.45, 2.75) is 18.5 Å². The Morgan fingerprint density at radius 1 is 1.05 bits per heavy atom. The summed E-state index contributed by atoms with van der Waals surface area (Å²) in [4.78, 5) is 15.0. The molecule has 0 unspecified atom stereocenters. The number of hydrogen-bond acceptors (Lipinski definition) is 2. The Bertz CT molecular complexity index is 738. The first-order chi connectivity index (χ1) is 10.8. The summed E-state index contributed by atoms with van der Waals surface area (Å²) in [5, 5.41) is 3.25. The molecule has 2 aliphatic rings. The maximum Gasteiger partial charge on any atom is 0.255 e. The molecular formula is C19H18N2O. The van der Waals surface area contributed by atoms with E-state index in [2.05, 4.69) is 29.6 Å². The standard InChI is InChI=1S/C19H18N2O/c22-18-16-8-4-5-9-17(16)19(10-12-20-13-11-19)21(18)14-15-6-2-1-3-7-15/h1-10,12,20H,11,13-14H2/t19-/m0/s1. The molecule has 3 nitrogen and oxygen atoms in total. The average molecular weight is 290 g/mol. The maximum atomic E-state index is 12.9. The molecule has 1 N–H and O–H groups in total. The summed E-state index contributed by atoms with van der Waals surface area (Å²) >= 11 is 0. The molecule has 2 aromatic carbocycles. The van der Waals surface area contributed by atoms with Crippen molar-refractivity contribution < 1.29 is 4.79 Å². The van der Waals surface area contributed by atoms with Crippen molar-refractivity contribution in [2.24, 2.45) is 0 Å². The Kier molecular flexibility index (Phi) is 3.00. The van der Waals surface area contributed by atoms with Crippen molar-refractivity contribution in [2.75, 3.05) is 6.54 Å². The first-order valence-electron chi connectivity index (χ1n) is 7.68. The third-order valence-electron chi connectivity index (χ3n) is 4.66. The number of amides is 1. The van der Waals surface area contributed by atoms with E-state index in [-0.39, 0.29) is 11.4 Å². The first-order valence-corrected chi connectivity index (χ1v) is 7.68. The highest BCUT2D eigenvalue weighted by molar-refractivity contribution is 6.00. The van der Waals surface area contributed by atoms with Gasteiger partial charge in [-0.3, -0.25) is 4.79 Å². The molecule has 110 valence electrons. The SMILES string of the molecule is O=C1c2ccccc2[C@@]2(C=CNCC2)N1Cc1ccccc1. The highest BCUT2D eigenvalue weighted by atomic mass is 16.2. The molecule has 0 saturated carbocycles. The monoisotopic (exact) mass is 290 g/mol. The Balaban J connectivity index is 1.82. The lowest BCUT2D eigenvalue weighted by atomic mass is 9.84. The molecule has 1 atom stereocenters. The minimum absolute atomic E-state index is 0.131. The van der Waals surface area contributed by atoms with Crippen LogP contribution in [0.4, 0.5) is 0 Å². The summed E-state index contributed by atoms with van der Waals surface area (Å²) in [7, 11) is 0. The van der Waals surface area contributed by atoms with Gasteiger partial charge in [0, 0.05) is 18.7 Å². The van der Waals surface area contributed by atoms with Crippen LogP contribution in [0.25, 0.3) is 0 Å². The summed E-state index contributed by atoms with van der Waals surface area (Å²) < 4.78 is 0. The first kappa shape index (κ1) is 13.1. The minimum atomic E-state index is -0.311. The van der Waals surface area contributed by atoms with Gasteiger partial charge in [0.05, 0.1) is 5.54 Å². The highest BCUT2D eigenvalue weighted by Gasteiger charge is 2.48. The number of fused-ring (bicyclic) bond motifs is 2. The van der Waals surface area contributed by atoms with Gasteiger partial charge in [0.15, 0.2) is 0 Å². The lowest BCUT2D eigenvalue weighted by Gasteiger charge is -2.39. The van der Waals surface area contributed by atoms with Crippen LogP contribution < -0.4 is 5.32 Å². The normalized spacial score (nSPS) is 22.7. The molecule has 0 saturated heterocycles. The second-order valence-corrected chi connectivity index (χ2v) is 5.88. The van der Waals surface area contributed by atoms with Gasteiger partial charge in [-0.05, 0) is 35.9 Å². The van der Waals surface area contributed by atoms with Crippen LogP contribution in [0, 0.1) is 0 Å². The average Bonchev–Trinajstić information content (AvgIpc) is 2.80. The zero-order valence-corrected chi connectivity index (χ0v) is 12.3. The fourth-order valence-electron chi connectivity index (χ4n) is 3.57. The number of carbonyl (C=O) groups is 1. The zero-order chi connectivity index (χ0) is 15.0. The van der Waals surface area contributed by atoms with Gasteiger partial charge in [0.25, 0.3) is 5.91 Å². The summed E-state index contributed by atoms with van der Waals surface area (Å²) in [5.74, 6) is 0.131. The van der Waals surface area contributed by atoms with E-state index in [1.165, 1.54) is 0 Å². The van der Waals surface area contributed by atoms with E-state index in [0.29, 0.717) is 6.54 Å². The summed E-state index contributed by atoms with van der Waals surface area (Å²) in [5.41, 5.74) is 2.82. The van der Waals surface area contributed by atoms with Crippen molar-refractivity contribution >= 4 is 5.91 Å². The lowest BCUT2D eigenvalue weighted by molar-refractivity contribution is 0.0590. The van der Waals surface area contributed by atoms with E-state index >= 15 is 0 Å². The molecule has 1 amide bonds. The van der Waals surface area contributed by atoms with Crippen LogP contribution in [0.5, 0.6) is 0 Å². The van der Waals surface area contributed by atoms with Gasteiger partial charge in [-0.2, -0.15) is 0 Å². The fraction of sp³-hybridized carbons (Fsp3) is 0.211. The van der Waals surface area contributed by atoms with E-state index in [9.17, 15) is 4.79 Å². The Hall–Kier alpha value is -2.55. The number of nitrogens with one attached hydrogen (secondary N) is 1. The largest absolute Gasteiger partial charge is 0.391 e. The highest BCUT2D eigenvalue weighted by Crippen LogP contribution is 2.44. The summed E-state index contributed by atoms with van der Waals surface area (Å²) in [6.45, 7) is 1.52. The predicted octanol–water partition coefficient (Wildman–Crippen LogP) is 3.04. The molecule has 1 spiro atoms. The van der Waals surface area contributed by atoms with E-state index in [1.807, 2.05) is 47.5 Å². The maximum absolute atomic E-state index is 12.9. The quantitative estimate of drug-likeness (QED) is 0.922. The zero-order valence-electron chi connectivity index (χ0n) is 12.3. The molecule has 0 fully saturated rings. The van der Waals surface area contributed by atoms with E-state index in [1.54, 1.807) is 0 Å². The minimum Gasteiger partial charge on any atom is -0.391 e. The van der Waals surface area contributed by atoms with Crippen LogP contribution in [0.15, 0.2) is 66.9 Å². The van der Waals surface area contributed by atoms with Crippen molar-refractivity contribution in [3.05, 3.63) is 83.6 Å². The van der Waals surface area contributed by atoms with Crippen molar-refractivity contribution in [1.29, 1.82) is 0 Å². The Morgan fingerprint density at radius 2 is 1.82 bits per heavy atom. The molecule has 2 heterocycles.